The van der Waals surface area contributed by atoms with Gasteiger partial charge in [-0.25, -0.2) is 9.97 Å². The average molecular weight is 498 g/mol. The molecule has 0 aliphatic heterocycles. The van der Waals surface area contributed by atoms with Crippen LogP contribution in [0.15, 0.2) is 59.9 Å². The van der Waals surface area contributed by atoms with Crippen LogP contribution in [0.3, 0.4) is 0 Å². The summed E-state index contributed by atoms with van der Waals surface area (Å²) in [6, 6.07) is 10.8. The minimum Gasteiger partial charge on any atom is -0.481 e. The lowest BCUT2D eigenvalue weighted by molar-refractivity contribution is -0.122. The Bertz CT molecular complexity index is 1250. The molecule has 0 fully saturated rings. The molecule has 186 valence electrons. The van der Waals surface area contributed by atoms with Gasteiger partial charge in [-0.3, -0.25) is 14.1 Å². The van der Waals surface area contributed by atoms with Crippen LogP contribution in [0, 0.1) is 6.92 Å². The number of aryl methyl sites for hydroxylation is 1. The Kier molecular flexibility index (Phi) is 8.39. The Hall–Kier alpha value is -3.53. The lowest BCUT2D eigenvalue weighted by atomic mass is 10.1. The summed E-state index contributed by atoms with van der Waals surface area (Å²) in [5, 5.41) is 2.68. The number of nitrogens with one attached hydrogen (secondary N) is 1. The van der Waals surface area contributed by atoms with E-state index >= 15 is 0 Å². The quantitative estimate of drug-likeness (QED) is 0.455. The fourth-order valence-electron chi connectivity index (χ4n) is 3.55. The molecule has 1 unspecified atom stereocenters. The highest BCUT2D eigenvalue weighted by atomic mass is 32.2. The van der Waals surface area contributed by atoms with Crippen molar-refractivity contribution in [3.05, 3.63) is 71.8 Å². The summed E-state index contributed by atoms with van der Waals surface area (Å²) in [6.07, 6.45) is 3.14. The zero-order chi connectivity index (χ0) is 25.6. The number of sulfonamides is 1. The first-order valence-electron chi connectivity index (χ1n) is 11.4. The molecule has 3 heterocycles. The van der Waals surface area contributed by atoms with Crippen molar-refractivity contribution in [2.24, 2.45) is 0 Å². The van der Waals surface area contributed by atoms with Gasteiger partial charge in [-0.15, -0.1) is 0 Å². The molecule has 0 spiro atoms. The lowest BCUT2D eigenvalue weighted by Crippen LogP contribution is -2.49. The maximum atomic E-state index is 13.8. The minimum atomic E-state index is -4.20. The number of nitrogens with zero attached hydrogens (tertiary/aromatic N) is 4. The summed E-state index contributed by atoms with van der Waals surface area (Å²) in [6.45, 7) is 7.79. The molecule has 10 heteroatoms. The van der Waals surface area contributed by atoms with E-state index in [9.17, 15) is 13.2 Å². The fraction of sp³-hybridized carbons (Fsp3) is 0.360. The Morgan fingerprint density at radius 2 is 1.86 bits per heavy atom. The summed E-state index contributed by atoms with van der Waals surface area (Å²) >= 11 is 0. The van der Waals surface area contributed by atoms with Crippen molar-refractivity contribution in [2.75, 3.05) is 11.4 Å². The second-order valence-corrected chi connectivity index (χ2v) is 10.1. The summed E-state index contributed by atoms with van der Waals surface area (Å²) in [4.78, 5) is 26.0. The lowest BCUT2D eigenvalue weighted by Gasteiger charge is -2.31. The zero-order valence-electron chi connectivity index (χ0n) is 20.6. The first-order valence-corrected chi connectivity index (χ1v) is 12.8. The smallest absolute Gasteiger partial charge is 0.282 e. The maximum Gasteiger partial charge on any atom is 0.282 e. The number of hydrogen-bond donors (Lipinski definition) is 1. The number of methoxy groups -OCH3 is 1. The van der Waals surface area contributed by atoms with Crippen molar-refractivity contribution in [3.63, 3.8) is 0 Å². The molecule has 35 heavy (non-hydrogen) atoms. The van der Waals surface area contributed by atoms with E-state index in [-0.39, 0.29) is 29.6 Å². The Morgan fingerprint density at radius 3 is 2.40 bits per heavy atom. The van der Waals surface area contributed by atoms with Crippen LogP contribution in [-0.2, 0) is 21.4 Å². The molecule has 0 saturated carbocycles. The zero-order valence-corrected chi connectivity index (χ0v) is 21.4. The highest BCUT2D eigenvalue weighted by Crippen LogP contribution is 2.28. The Labute approximate surface area is 206 Å². The SMILES string of the molecule is CCC(C(=O)NCc1cccc(C)n1)N(c1ccc(OC)nc1)S(=O)(=O)c1ccc(C(C)C)cn1. The second-order valence-electron chi connectivity index (χ2n) is 8.36. The monoisotopic (exact) mass is 497 g/mol. The van der Waals surface area contributed by atoms with Gasteiger partial charge >= 0.3 is 0 Å². The highest BCUT2D eigenvalue weighted by molar-refractivity contribution is 7.92. The van der Waals surface area contributed by atoms with E-state index in [1.165, 1.54) is 19.4 Å². The molecule has 1 amide bonds. The van der Waals surface area contributed by atoms with Gasteiger partial charge in [0.05, 0.1) is 31.2 Å². The summed E-state index contributed by atoms with van der Waals surface area (Å²) in [7, 11) is -2.73. The van der Waals surface area contributed by atoms with Crippen LogP contribution in [0.5, 0.6) is 5.88 Å². The topological polar surface area (TPSA) is 114 Å². The molecule has 1 atom stereocenters. The van der Waals surface area contributed by atoms with Gasteiger partial charge in [0.1, 0.15) is 6.04 Å². The molecule has 1 N–H and O–H groups in total. The molecule has 9 nitrogen and oxygen atoms in total. The molecule has 0 aromatic carbocycles. The molecular weight excluding hydrogens is 466 g/mol. The number of aromatic nitrogens is 3. The molecule has 3 aromatic heterocycles. The van der Waals surface area contributed by atoms with Crippen molar-refractivity contribution in [1.82, 2.24) is 20.3 Å². The van der Waals surface area contributed by atoms with Gasteiger partial charge in [0.2, 0.25) is 11.8 Å². The molecule has 0 bridgehead atoms. The van der Waals surface area contributed by atoms with Crippen molar-refractivity contribution in [3.8, 4) is 5.88 Å². The number of rotatable bonds is 10. The molecule has 0 aliphatic carbocycles. The van der Waals surface area contributed by atoms with E-state index < -0.39 is 22.0 Å². The highest BCUT2D eigenvalue weighted by Gasteiger charge is 2.36. The van der Waals surface area contributed by atoms with Gasteiger partial charge in [0, 0.05) is 18.0 Å². The van der Waals surface area contributed by atoms with Gasteiger partial charge in [0.25, 0.3) is 10.0 Å². The van der Waals surface area contributed by atoms with Gasteiger partial charge in [0.15, 0.2) is 5.03 Å². The standard InChI is InChI=1S/C25H31N5O4S/c1-6-22(25(31)28-15-20-9-7-8-18(4)29-20)30(21-11-12-23(34-5)26-16-21)35(32,33)24-13-10-19(14-27-24)17(2)3/h7-14,16-17,22H,6,15H2,1-5H3,(H,28,31). The largest absolute Gasteiger partial charge is 0.481 e. The predicted octanol–water partition coefficient (Wildman–Crippen LogP) is 3.60. The fourth-order valence-corrected chi connectivity index (χ4v) is 5.14. The Morgan fingerprint density at radius 1 is 1.09 bits per heavy atom. The first-order chi connectivity index (χ1) is 16.7. The van der Waals surface area contributed by atoms with Crippen molar-refractivity contribution in [2.45, 2.75) is 57.6 Å². The molecule has 3 rings (SSSR count). The molecule has 0 saturated heterocycles. The summed E-state index contributed by atoms with van der Waals surface area (Å²) in [5.74, 6) is 0.0769. The molecule has 3 aromatic rings. The number of pyridine rings is 3. The van der Waals surface area contributed by atoms with E-state index in [4.69, 9.17) is 4.74 Å². The van der Waals surface area contributed by atoms with Crippen LogP contribution in [0.2, 0.25) is 0 Å². The van der Waals surface area contributed by atoms with Crippen LogP contribution < -0.4 is 14.4 Å². The average Bonchev–Trinajstić information content (AvgIpc) is 2.86. The van der Waals surface area contributed by atoms with Crippen LogP contribution in [0.25, 0.3) is 0 Å². The van der Waals surface area contributed by atoms with E-state index in [2.05, 4.69) is 20.3 Å². The van der Waals surface area contributed by atoms with E-state index in [1.807, 2.05) is 32.9 Å². The van der Waals surface area contributed by atoms with Gasteiger partial charge in [-0.05, 0) is 49.1 Å². The molecule has 0 aliphatic rings. The summed E-state index contributed by atoms with van der Waals surface area (Å²) in [5.41, 5.74) is 2.65. The number of carbonyl (C=O) groups excluding carboxylic acids is 1. The number of carbonyl (C=O) groups is 1. The van der Waals surface area contributed by atoms with Crippen molar-refractivity contribution >= 4 is 21.6 Å². The predicted molar refractivity (Wildman–Crippen MR) is 134 cm³/mol. The maximum absolute atomic E-state index is 13.8. The first kappa shape index (κ1) is 26.1. The third-order valence-electron chi connectivity index (χ3n) is 5.50. The number of hydrogen-bond acceptors (Lipinski definition) is 7. The van der Waals surface area contributed by atoms with Crippen LogP contribution in [0.4, 0.5) is 5.69 Å². The Balaban J connectivity index is 1.99. The third-order valence-corrected chi connectivity index (χ3v) is 7.25. The van der Waals surface area contributed by atoms with Gasteiger partial charge in [-0.2, -0.15) is 8.42 Å². The third kappa shape index (κ3) is 6.13. The van der Waals surface area contributed by atoms with E-state index in [0.29, 0.717) is 11.6 Å². The normalized spacial score (nSPS) is 12.3. The number of amides is 1. The van der Waals surface area contributed by atoms with Gasteiger partial charge in [-0.1, -0.05) is 32.9 Å². The van der Waals surface area contributed by atoms with Gasteiger partial charge < -0.3 is 10.1 Å². The van der Waals surface area contributed by atoms with Crippen molar-refractivity contribution < 1.29 is 17.9 Å². The minimum absolute atomic E-state index is 0.149. The molecule has 0 radical (unpaired) electrons. The number of ether oxygens (including phenoxy) is 1. The van der Waals surface area contributed by atoms with E-state index in [1.54, 1.807) is 37.4 Å². The van der Waals surface area contributed by atoms with Crippen molar-refractivity contribution in [1.29, 1.82) is 0 Å². The van der Waals surface area contributed by atoms with Crippen LogP contribution in [0.1, 0.15) is 50.1 Å². The number of anilines is 1. The molecular formula is C25H31N5O4S. The van der Waals surface area contributed by atoms with Crippen LogP contribution >= 0.6 is 0 Å². The second kappa shape index (κ2) is 11.3. The van der Waals surface area contributed by atoms with Crippen LogP contribution in [-0.4, -0.2) is 42.4 Å². The summed E-state index contributed by atoms with van der Waals surface area (Å²) < 4.78 is 33.8. The van der Waals surface area contributed by atoms with E-state index in [0.717, 1.165) is 15.6 Å².